The van der Waals surface area contributed by atoms with Crippen LogP contribution in [0.5, 0.6) is 0 Å². The number of nitrogens with zero attached hydrogens (tertiary/aromatic N) is 3. The number of ketones is 1. The Kier molecular flexibility index (Phi) is 19.5. The number of cyclic esters (lactones) is 1. The Labute approximate surface area is 439 Å². The molecule has 5 aliphatic rings. The summed E-state index contributed by atoms with van der Waals surface area (Å²) in [7, 11) is 5.18. The summed E-state index contributed by atoms with van der Waals surface area (Å²) in [6.07, 6.45) is -6.42. The molecule has 4 aliphatic heterocycles. The van der Waals surface area contributed by atoms with Crippen LogP contribution in [-0.4, -0.2) is 189 Å². The lowest BCUT2D eigenvalue weighted by Crippen LogP contribution is -2.61. The first-order valence-corrected chi connectivity index (χ1v) is 26.6. The molecule has 1 aromatic carbocycles. The number of piperazine rings is 1. The molecule has 1 saturated carbocycles. The van der Waals surface area contributed by atoms with Crippen molar-refractivity contribution in [3.05, 3.63) is 39.9 Å². The fourth-order valence-electron chi connectivity index (χ4n) is 11.7. The SMILES string of the molecule is CC[C@H]1OC(=O)[C@H](C)[C@@H](OC2CC(C)(OC)C(O)C(C)O2)[C@H](C)[C@@H](OC2OC(C)CC(N(C)C)C2O)[C@](C)(O)C[C@@H](C)C(=O)[C@H](C)[C@@H](O)[C@]1(C)O.O=C(O)c1cn(C2CC2)c2cc(N3CCNCC3)c(F)cc2c1=O. The Morgan fingerprint density at radius 2 is 1.56 bits per heavy atom. The van der Waals surface area contributed by atoms with Gasteiger partial charge in [0, 0.05) is 81.1 Å². The highest BCUT2D eigenvalue weighted by molar-refractivity contribution is 5.93. The average Bonchev–Trinajstić information content (AvgIpc) is 4.21. The number of likely N-dealkylation sites (N-methyl/N-ethyl adjacent to an activating group) is 1. The Balaban J connectivity index is 0.000000313. The lowest BCUT2D eigenvalue weighted by molar-refractivity contribution is -0.318. The number of hydrogen-bond acceptors (Lipinski definition) is 18. The van der Waals surface area contributed by atoms with Gasteiger partial charge in [-0.1, -0.05) is 27.7 Å². The summed E-state index contributed by atoms with van der Waals surface area (Å²) in [4.78, 5) is 55.5. The molecule has 2 aromatic rings. The number of aliphatic hydroxyl groups excluding tert-OH is 3. The van der Waals surface area contributed by atoms with Gasteiger partial charge in [0.05, 0.1) is 58.8 Å². The molecule has 7 rings (SSSR count). The molecule has 1 aromatic heterocycles. The van der Waals surface area contributed by atoms with Crippen molar-refractivity contribution in [1.29, 1.82) is 0 Å². The maximum Gasteiger partial charge on any atom is 0.341 e. The molecule has 1 aliphatic carbocycles. The maximum absolute atomic E-state index is 14.6. The summed E-state index contributed by atoms with van der Waals surface area (Å²) < 4.78 is 53.5. The summed E-state index contributed by atoms with van der Waals surface area (Å²) in [6.45, 7) is 19.3. The van der Waals surface area contributed by atoms with Crippen molar-refractivity contribution in [1.82, 2.24) is 14.8 Å². The van der Waals surface area contributed by atoms with Gasteiger partial charge in [-0.25, -0.2) is 9.18 Å². The van der Waals surface area contributed by atoms with Crippen molar-refractivity contribution in [3.8, 4) is 0 Å². The van der Waals surface area contributed by atoms with Crippen molar-refractivity contribution in [2.24, 2.45) is 23.7 Å². The number of carbonyl (C=O) groups is 3. The third-order valence-electron chi connectivity index (χ3n) is 16.6. The molecule has 4 saturated heterocycles. The van der Waals surface area contributed by atoms with Crippen LogP contribution < -0.4 is 15.6 Å². The van der Waals surface area contributed by atoms with Crippen LogP contribution >= 0.6 is 0 Å². The standard InChI is InChI=1S/C37H67NO13.C17H18FN3O3/c1-14-25-37(10,45)30(41)20(4)27(39)18(2)16-35(8,44)32(51-34-28(40)24(38(11)12)15-19(3)47-34)21(5)29(22(6)33(43)49-25)50-26-17-36(9,46-13)31(42)23(7)48-26;18-13-7-11-14(8-15(13)20-5-3-19-4-6-20)21(10-1-2-10)9-12(16(11)22)17(23)24/h18-26,28-32,34,40-42,44-45H,14-17H2,1-13H3;7-10,19H,1-6H2,(H,23,24)/t18-,19?,20+,21+,22-,23?,24?,25-,26?,28?,29+,30-,31?,32-,34?,35-,36?,37-;/m1./s1. The molecule has 8 unspecified atom stereocenters. The highest BCUT2D eigenvalue weighted by Gasteiger charge is 2.53. The first-order valence-electron chi connectivity index (χ1n) is 26.6. The van der Waals surface area contributed by atoms with Crippen molar-refractivity contribution in [2.75, 3.05) is 52.3 Å². The van der Waals surface area contributed by atoms with Crippen LogP contribution in [0.3, 0.4) is 0 Å². The smallest absolute Gasteiger partial charge is 0.341 e. The lowest BCUT2D eigenvalue weighted by Gasteiger charge is -2.49. The number of anilines is 1. The number of aliphatic hydroxyl groups is 5. The molecule has 21 heteroatoms. The van der Waals surface area contributed by atoms with Crippen LogP contribution in [0.4, 0.5) is 10.1 Å². The minimum atomic E-state index is -1.99. The third kappa shape index (κ3) is 13.1. The van der Waals surface area contributed by atoms with E-state index in [1.807, 2.05) is 35.4 Å². The fraction of sp³-hybridized carbons (Fsp3) is 0.778. The Morgan fingerprint density at radius 1 is 0.920 bits per heavy atom. The molecule has 20 nitrogen and oxygen atoms in total. The summed E-state index contributed by atoms with van der Waals surface area (Å²) in [6, 6.07) is 2.75. The molecule has 424 valence electrons. The minimum absolute atomic E-state index is 0.0936. The molecule has 75 heavy (non-hydrogen) atoms. The van der Waals surface area contributed by atoms with Gasteiger partial charge in [0.15, 0.2) is 12.6 Å². The van der Waals surface area contributed by atoms with E-state index in [9.17, 15) is 54.2 Å². The van der Waals surface area contributed by atoms with Gasteiger partial charge in [-0.15, -0.1) is 0 Å². The van der Waals surface area contributed by atoms with Crippen LogP contribution in [0.1, 0.15) is 124 Å². The first-order chi connectivity index (χ1) is 35.0. The summed E-state index contributed by atoms with van der Waals surface area (Å²) >= 11 is 0. The van der Waals surface area contributed by atoms with E-state index in [-0.39, 0.29) is 48.4 Å². The predicted molar refractivity (Wildman–Crippen MR) is 275 cm³/mol. The highest BCUT2D eigenvalue weighted by atomic mass is 19.1. The highest BCUT2D eigenvalue weighted by Crippen LogP contribution is 2.42. The number of carbonyl (C=O) groups excluding carboxylic acids is 2. The number of Topliss-reactive ketones (excluding diaryl/α,β-unsaturated/α-hetero) is 1. The number of carboxylic acid groups (broad SMARTS) is 1. The van der Waals surface area contributed by atoms with E-state index in [4.69, 9.17) is 28.4 Å². The second kappa shape index (κ2) is 24.1. The number of fused-ring (bicyclic) bond motifs is 1. The number of hydrogen-bond donors (Lipinski definition) is 7. The number of methoxy groups -OCH3 is 1. The van der Waals surface area contributed by atoms with E-state index < -0.39 is 125 Å². The molecule has 0 amide bonds. The fourth-order valence-corrected chi connectivity index (χ4v) is 11.7. The van der Waals surface area contributed by atoms with E-state index in [1.54, 1.807) is 47.6 Å². The quantitative estimate of drug-likeness (QED) is 0.168. The van der Waals surface area contributed by atoms with Crippen molar-refractivity contribution >= 4 is 34.3 Å². The van der Waals surface area contributed by atoms with Crippen LogP contribution in [0.25, 0.3) is 10.9 Å². The first kappa shape index (κ1) is 60.5. The van der Waals surface area contributed by atoms with E-state index >= 15 is 0 Å². The predicted octanol–water partition coefficient (Wildman–Crippen LogP) is 3.37. The number of halogens is 1. The number of aromatic nitrogens is 1. The number of benzene rings is 1. The Morgan fingerprint density at radius 3 is 2.13 bits per heavy atom. The zero-order chi connectivity index (χ0) is 55.8. The van der Waals surface area contributed by atoms with E-state index in [1.165, 1.54) is 40.1 Å². The second-order valence-electron chi connectivity index (χ2n) is 22.8. The van der Waals surface area contributed by atoms with Gasteiger partial charge >= 0.3 is 11.9 Å². The average molecular weight is 1070 g/mol. The van der Waals surface area contributed by atoms with E-state index in [2.05, 4.69) is 5.32 Å². The number of esters is 1. The van der Waals surface area contributed by atoms with E-state index in [0.29, 0.717) is 30.7 Å². The number of aromatic carboxylic acids is 1. The van der Waals surface area contributed by atoms with Gasteiger partial charge in [0.1, 0.15) is 41.1 Å². The molecule has 5 heterocycles. The van der Waals surface area contributed by atoms with Gasteiger partial charge in [0.2, 0.25) is 5.43 Å². The monoisotopic (exact) mass is 1060 g/mol. The zero-order valence-electron chi connectivity index (χ0n) is 46.0. The molecular weight excluding hydrogens is 980 g/mol. The Bertz CT molecular complexity index is 2380. The zero-order valence-corrected chi connectivity index (χ0v) is 46.0. The molecule has 18 atom stereocenters. The number of nitrogens with one attached hydrogen (secondary N) is 1. The number of ether oxygens (including phenoxy) is 6. The molecule has 0 bridgehead atoms. The van der Waals surface area contributed by atoms with Gasteiger partial charge in [0.25, 0.3) is 0 Å². The molecular formula is C54H85FN4O16. The summed E-state index contributed by atoms with van der Waals surface area (Å²) in [5.41, 5.74) is -4.68. The minimum Gasteiger partial charge on any atom is -0.477 e. The molecule has 0 spiro atoms. The number of rotatable bonds is 10. The third-order valence-corrected chi connectivity index (χ3v) is 16.6. The maximum atomic E-state index is 14.6. The molecule has 0 radical (unpaired) electrons. The van der Waals surface area contributed by atoms with Crippen LogP contribution in [0.2, 0.25) is 0 Å². The van der Waals surface area contributed by atoms with Crippen molar-refractivity contribution < 1.29 is 77.8 Å². The molecule has 7 N–H and O–H groups in total. The number of pyridine rings is 1. The van der Waals surface area contributed by atoms with Crippen LogP contribution in [0, 0.1) is 29.5 Å². The van der Waals surface area contributed by atoms with Gasteiger partial charge in [-0.3, -0.25) is 14.4 Å². The van der Waals surface area contributed by atoms with Crippen molar-refractivity contribution in [2.45, 2.75) is 198 Å². The topological polar surface area (TPSA) is 268 Å². The van der Waals surface area contributed by atoms with Gasteiger partial charge < -0.3 is 78.7 Å². The number of carboxylic acids is 1. The van der Waals surface area contributed by atoms with Crippen molar-refractivity contribution in [3.63, 3.8) is 0 Å². The van der Waals surface area contributed by atoms with Crippen LogP contribution in [-0.2, 0) is 38.0 Å². The van der Waals surface area contributed by atoms with E-state index in [0.717, 1.165) is 25.9 Å². The summed E-state index contributed by atoms with van der Waals surface area (Å²) in [5.74, 6) is -6.73. The van der Waals surface area contributed by atoms with Crippen LogP contribution in [0.15, 0.2) is 23.1 Å². The normalized spacial score (nSPS) is 39.6. The van der Waals surface area contributed by atoms with Gasteiger partial charge in [-0.2, -0.15) is 0 Å². The largest absolute Gasteiger partial charge is 0.477 e. The lowest BCUT2D eigenvalue weighted by atomic mass is 9.74. The Hall–Kier alpha value is -3.71. The molecule has 5 fully saturated rings. The second-order valence-corrected chi connectivity index (χ2v) is 22.8. The van der Waals surface area contributed by atoms with Gasteiger partial charge in [-0.05, 0) is 99.9 Å². The summed E-state index contributed by atoms with van der Waals surface area (Å²) in [5, 5.41) is 70.2.